The lowest BCUT2D eigenvalue weighted by molar-refractivity contribution is 0.627. The second-order valence-electron chi connectivity index (χ2n) is 10.6. The molecule has 1 spiro atoms. The second kappa shape index (κ2) is 7.97. The van der Waals surface area contributed by atoms with Crippen LogP contribution < -0.4 is 0 Å². The van der Waals surface area contributed by atoms with Crippen molar-refractivity contribution in [2.24, 2.45) is 0 Å². The molecule has 2 heterocycles. The zero-order valence-electron chi connectivity index (χ0n) is 21.4. The van der Waals surface area contributed by atoms with Crippen molar-refractivity contribution < 1.29 is 4.39 Å². The lowest BCUT2D eigenvalue weighted by atomic mass is 9.67. The summed E-state index contributed by atoms with van der Waals surface area (Å²) in [5.41, 5.74) is 10.8. The number of rotatable bonds is 1. The minimum atomic E-state index is -0.405. The highest BCUT2D eigenvalue weighted by Crippen LogP contribution is 2.62. The number of hydrogen-bond donors (Lipinski definition) is 0. The smallest absolute Gasteiger partial charge is 0.123 e. The number of para-hydroxylation sites is 1. The van der Waals surface area contributed by atoms with Crippen LogP contribution in [0.5, 0.6) is 0 Å². The average Bonchev–Trinajstić information content (AvgIpc) is 3.48. The first-order valence-electron chi connectivity index (χ1n) is 13.6. The van der Waals surface area contributed by atoms with Crippen molar-refractivity contribution in [2.75, 3.05) is 0 Å². The third kappa shape index (κ3) is 2.73. The Balaban J connectivity index is 1.46. The van der Waals surface area contributed by atoms with Crippen molar-refractivity contribution in [1.82, 2.24) is 4.57 Å². The van der Waals surface area contributed by atoms with Gasteiger partial charge in [0.1, 0.15) is 5.82 Å². The van der Waals surface area contributed by atoms with E-state index in [-0.39, 0.29) is 5.82 Å². The third-order valence-electron chi connectivity index (χ3n) is 8.73. The maximum absolute atomic E-state index is 13.9. The third-order valence-corrected chi connectivity index (χ3v) is 9.86. The van der Waals surface area contributed by atoms with E-state index in [1.807, 2.05) is 23.9 Å². The van der Waals surface area contributed by atoms with Gasteiger partial charge in [0.2, 0.25) is 0 Å². The number of nitrogens with zero attached hydrogens (tertiary/aromatic N) is 1. The van der Waals surface area contributed by atoms with Crippen LogP contribution in [0.2, 0.25) is 0 Å². The Labute approximate surface area is 235 Å². The summed E-state index contributed by atoms with van der Waals surface area (Å²) in [6, 6.07) is 46.9. The van der Waals surface area contributed by atoms with Crippen LogP contribution in [-0.2, 0) is 5.41 Å². The average molecular weight is 532 g/mol. The molecular formula is C37H22FNS. The van der Waals surface area contributed by atoms with Gasteiger partial charge >= 0.3 is 0 Å². The molecular weight excluding hydrogens is 509 g/mol. The minimum absolute atomic E-state index is 0.227. The van der Waals surface area contributed by atoms with E-state index >= 15 is 0 Å². The molecule has 0 unspecified atom stereocenters. The summed E-state index contributed by atoms with van der Waals surface area (Å²) in [6.07, 6.45) is 0. The van der Waals surface area contributed by atoms with Gasteiger partial charge in [-0.05, 0) is 81.9 Å². The normalized spacial score (nSPS) is 14.2. The van der Waals surface area contributed by atoms with Crippen molar-refractivity contribution in [3.63, 3.8) is 0 Å². The Hall–Kier alpha value is -4.60. The van der Waals surface area contributed by atoms with Gasteiger partial charge in [-0.25, -0.2) is 4.39 Å². The van der Waals surface area contributed by atoms with Gasteiger partial charge < -0.3 is 4.57 Å². The predicted molar refractivity (Wildman–Crippen MR) is 162 cm³/mol. The van der Waals surface area contributed by atoms with Crippen LogP contribution in [0.1, 0.15) is 22.3 Å². The highest BCUT2D eigenvalue weighted by Gasteiger charge is 2.50. The molecule has 0 saturated carbocycles. The fourth-order valence-electron chi connectivity index (χ4n) is 7.19. The van der Waals surface area contributed by atoms with E-state index in [9.17, 15) is 4.39 Å². The first-order valence-corrected chi connectivity index (χ1v) is 14.4. The molecule has 0 saturated heterocycles. The van der Waals surface area contributed by atoms with Crippen LogP contribution in [-0.4, -0.2) is 4.57 Å². The van der Waals surface area contributed by atoms with Crippen molar-refractivity contribution in [1.29, 1.82) is 0 Å². The van der Waals surface area contributed by atoms with Gasteiger partial charge in [0.05, 0.1) is 16.4 Å². The molecule has 7 aromatic rings. The van der Waals surface area contributed by atoms with Gasteiger partial charge in [0.15, 0.2) is 0 Å². The molecule has 188 valence electrons. The van der Waals surface area contributed by atoms with E-state index in [4.69, 9.17) is 0 Å². The quantitative estimate of drug-likeness (QED) is 0.204. The molecule has 0 atom stereocenters. The van der Waals surface area contributed by atoms with Gasteiger partial charge in [-0.2, -0.15) is 0 Å². The number of fused-ring (bicyclic) bond motifs is 12. The summed E-state index contributed by atoms with van der Waals surface area (Å²) in [5.74, 6) is -0.227. The summed E-state index contributed by atoms with van der Waals surface area (Å²) < 4.78 is 16.2. The van der Waals surface area contributed by atoms with Gasteiger partial charge in [-0.15, -0.1) is 0 Å². The summed E-state index contributed by atoms with van der Waals surface area (Å²) >= 11 is 1.85. The number of benzene rings is 6. The van der Waals surface area contributed by atoms with Gasteiger partial charge in [-0.3, -0.25) is 0 Å². The van der Waals surface area contributed by atoms with Crippen LogP contribution in [0.15, 0.2) is 143 Å². The molecule has 1 aliphatic heterocycles. The van der Waals surface area contributed by atoms with E-state index in [1.165, 1.54) is 53.9 Å². The topological polar surface area (TPSA) is 4.93 Å². The second-order valence-corrected chi connectivity index (χ2v) is 11.7. The molecule has 3 heteroatoms. The summed E-state index contributed by atoms with van der Waals surface area (Å²) in [7, 11) is 0. The van der Waals surface area contributed by atoms with Gasteiger partial charge in [-0.1, -0.05) is 96.7 Å². The van der Waals surface area contributed by atoms with Crippen LogP contribution in [0.3, 0.4) is 0 Å². The Kier molecular flexibility index (Phi) is 4.43. The van der Waals surface area contributed by atoms with Crippen LogP contribution >= 0.6 is 11.8 Å². The van der Waals surface area contributed by atoms with Crippen LogP contribution in [0.25, 0.3) is 38.6 Å². The standard InChI is InChI=1S/C37H22FNS/c38-23-17-19-24(20-18-23)39-33-15-7-3-11-27(33)28-21-32-36(22-34(28)39)40-35-16-8-6-14-31(35)37(32)29-12-4-1-9-25(29)26-10-2-5-13-30(26)37/h1-22H. The number of halogens is 1. The van der Waals surface area contributed by atoms with E-state index in [0.717, 1.165) is 16.7 Å². The predicted octanol–water partition coefficient (Wildman–Crippen LogP) is 9.75. The molecule has 1 nitrogen and oxygen atoms in total. The zero-order chi connectivity index (χ0) is 26.4. The summed E-state index contributed by atoms with van der Waals surface area (Å²) in [5, 5.41) is 2.41. The molecule has 2 aliphatic rings. The van der Waals surface area contributed by atoms with E-state index < -0.39 is 5.41 Å². The highest BCUT2D eigenvalue weighted by atomic mass is 32.2. The van der Waals surface area contributed by atoms with Crippen LogP contribution in [0, 0.1) is 5.82 Å². The van der Waals surface area contributed by atoms with Gasteiger partial charge in [0.25, 0.3) is 0 Å². The Morgan fingerprint density at radius 2 is 1.12 bits per heavy atom. The lowest BCUT2D eigenvalue weighted by Crippen LogP contribution is -2.31. The monoisotopic (exact) mass is 531 g/mol. The Morgan fingerprint density at radius 3 is 1.88 bits per heavy atom. The van der Waals surface area contributed by atoms with Gasteiger partial charge in [0, 0.05) is 26.3 Å². The Bertz CT molecular complexity index is 2110. The maximum atomic E-state index is 13.9. The van der Waals surface area contributed by atoms with Crippen molar-refractivity contribution >= 4 is 33.6 Å². The molecule has 0 radical (unpaired) electrons. The number of hydrogen-bond acceptors (Lipinski definition) is 1. The molecule has 0 amide bonds. The van der Waals surface area contributed by atoms with E-state index in [1.54, 1.807) is 12.1 Å². The fourth-order valence-corrected chi connectivity index (χ4v) is 8.39. The summed E-state index contributed by atoms with van der Waals surface area (Å²) in [6.45, 7) is 0. The molecule has 1 aromatic heterocycles. The van der Waals surface area contributed by atoms with Crippen molar-refractivity contribution in [3.05, 3.63) is 162 Å². The molecule has 1 aliphatic carbocycles. The molecule has 0 bridgehead atoms. The largest absolute Gasteiger partial charge is 0.309 e. The fraction of sp³-hybridized carbons (Fsp3) is 0.0270. The Morgan fingerprint density at radius 1 is 0.500 bits per heavy atom. The first kappa shape index (κ1) is 22.2. The molecule has 0 fully saturated rings. The minimum Gasteiger partial charge on any atom is -0.309 e. The first-order chi connectivity index (χ1) is 19.7. The van der Waals surface area contributed by atoms with E-state index in [0.29, 0.717) is 0 Å². The van der Waals surface area contributed by atoms with E-state index in [2.05, 4.69) is 114 Å². The maximum Gasteiger partial charge on any atom is 0.123 e. The zero-order valence-corrected chi connectivity index (χ0v) is 22.3. The molecule has 6 aromatic carbocycles. The highest BCUT2D eigenvalue weighted by molar-refractivity contribution is 7.99. The van der Waals surface area contributed by atoms with Crippen molar-refractivity contribution in [2.45, 2.75) is 15.2 Å². The van der Waals surface area contributed by atoms with Crippen LogP contribution in [0.4, 0.5) is 4.39 Å². The molecule has 40 heavy (non-hydrogen) atoms. The lowest BCUT2D eigenvalue weighted by Gasteiger charge is -2.39. The summed E-state index contributed by atoms with van der Waals surface area (Å²) in [4.78, 5) is 2.54. The molecule has 0 N–H and O–H groups in total. The SMILES string of the molecule is Fc1ccc(-n2c3ccccc3c3cc4c(cc32)Sc2ccccc2C42c3ccccc3-c3ccccc32)cc1. The number of aromatic nitrogens is 1. The van der Waals surface area contributed by atoms with Crippen molar-refractivity contribution in [3.8, 4) is 16.8 Å². The molecule has 9 rings (SSSR count).